The normalized spacial score (nSPS) is 11.2. The third kappa shape index (κ3) is 2.55. The predicted molar refractivity (Wildman–Crippen MR) is 77.0 cm³/mol. The van der Waals surface area contributed by atoms with Crippen molar-refractivity contribution < 1.29 is 0 Å². The fourth-order valence-corrected chi connectivity index (χ4v) is 2.34. The number of fused-ring (bicyclic) bond motifs is 1. The Kier molecular flexibility index (Phi) is 3.73. The van der Waals surface area contributed by atoms with E-state index in [-0.39, 0.29) is 0 Å². The molecule has 3 rings (SSSR count). The fourth-order valence-electron chi connectivity index (χ4n) is 2.34. The van der Waals surface area contributed by atoms with Crippen LogP contribution in [0.5, 0.6) is 0 Å². The molecule has 0 unspecified atom stereocenters. The van der Waals surface area contributed by atoms with E-state index in [4.69, 9.17) is 4.98 Å². The molecule has 1 aromatic carbocycles. The van der Waals surface area contributed by atoms with Crippen LogP contribution in [-0.2, 0) is 19.6 Å². The maximum atomic E-state index is 4.70. The van der Waals surface area contributed by atoms with E-state index in [1.165, 1.54) is 11.8 Å². The van der Waals surface area contributed by atoms with E-state index in [1.54, 1.807) is 0 Å². The highest BCUT2D eigenvalue weighted by atomic mass is 15.2. The van der Waals surface area contributed by atoms with Crippen LogP contribution < -0.4 is 5.32 Å². The van der Waals surface area contributed by atoms with Crippen LogP contribution in [0.4, 0.5) is 0 Å². The van der Waals surface area contributed by atoms with Crippen molar-refractivity contribution in [3.05, 3.63) is 42.2 Å². The van der Waals surface area contributed by atoms with Gasteiger partial charge in [-0.05, 0) is 18.6 Å². The topological polar surface area (TPSA) is 71.4 Å². The fraction of sp³-hybridized carbons (Fsp3) is 0.357. The molecule has 0 bridgehead atoms. The van der Waals surface area contributed by atoms with E-state index in [1.807, 2.05) is 6.07 Å². The minimum absolute atomic E-state index is 0.662. The Hall–Kier alpha value is -2.21. The van der Waals surface area contributed by atoms with E-state index in [0.717, 1.165) is 36.7 Å². The van der Waals surface area contributed by atoms with E-state index in [0.29, 0.717) is 6.54 Å². The number of nitrogens with zero attached hydrogens (tertiary/aromatic N) is 4. The van der Waals surface area contributed by atoms with Gasteiger partial charge < -0.3 is 9.88 Å². The summed E-state index contributed by atoms with van der Waals surface area (Å²) in [5.74, 6) is 1.90. The number of hydrogen-bond donors (Lipinski definition) is 2. The molecule has 6 heteroatoms. The molecule has 2 aromatic heterocycles. The molecule has 0 aliphatic heterocycles. The molecule has 0 saturated heterocycles. The molecule has 0 saturated carbocycles. The molecule has 0 fully saturated rings. The van der Waals surface area contributed by atoms with Crippen molar-refractivity contribution in [1.82, 2.24) is 30.0 Å². The molecule has 6 nitrogen and oxygen atoms in total. The Morgan fingerprint density at radius 2 is 2.15 bits per heavy atom. The molecular formula is C14H18N6. The SMILES string of the molecule is CCCn1c(CNCc2ncn[nH]2)nc2ccccc21. The van der Waals surface area contributed by atoms with Gasteiger partial charge >= 0.3 is 0 Å². The average Bonchev–Trinajstić information content (AvgIpc) is 3.08. The standard InChI is InChI=1S/C14H18N6/c1-2-7-20-12-6-4-3-5-11(12)18-14(20)9-15-8-13-16-10-17-19-13/h3-6,10,15H,2,7-9H2,1H3,(H,16,17,19). The van der Waals surface area contributed by atoms with Crippen LogP contribution in [-0.4, -0.2) is 24.7 Å². The molecule has 0 amide bonds. The van der Waals surface area contributed by atoms with E-state index in [2.05, 4.69) is 50.2 Å². The molecule has 2 N–H and O–H groups in total. The Labute approximate surface area is 117 Å². The molecule has 0 aliphatic rings. The molecule has 20 heavy (non-hydrogen) atoms. The number of hydrogen-bond acceptors (Lipinski definition) is 4. The Balaban J connectivity index is 1.77. The number of aromatic amines is 1. The Morgan fingerprint density at radius 1 is 1.25 bits per heavy atom. The Morgan fingerprint density at radius 3 is 2.95 bits per heavy atom. The summed E-state index contributed by atoms with van der Waals surface area (Å²) in [6, 6.07) is 8.26. The lowest BCUT2D eigenvalue weighted by Gasteiger charge is -2.08. The zero-order valence-corrected chi connectivity index (χ0v) is 11.5. The van der Waals surface area contributed by atoms with Crippen molar-refractivity contribution in [1.29, 1.82) is 0 Å². The van der Waals surface area contributed by atoms with Crippen LogP contribution in [0.1, 0.15) is 25.0 Å². The first-order valence-electron chi connectivity index (χ1n) is 6.87. The lowest BCUT2D eigenvalue weighted by atomic mass is 10.3. The second-order valence-corrected chi connectivity index (χ2v) is 4.70. The third-order valence-electron chi connectivity index (χ3n) is 3.22. The molecule has 2 heterocycles. The van der Waals surface area contributed by atoms with Gasteiger partial charge in [0.25, 0.3) is 0 Å². The van der Waals surface area contributed by atoms with Crippen LogP contribution in [0.15, 0.2) is 30.6 Å². The summed E-state index contributed by atoms with van der Waals surface area (Å²) in [5, 5.41) is 10.0. The maximum absolute atomic E-state index is 4.70. The number of aryl methyl sites for hydroxylation is 1. The number of para-hydroxylation sites is 2. The average molecular weight is 270 g/mol. The van der Waals surface area contributed by atoms with Gasteiger partial charge in [-0.2, -0.15) is 5.10 Å². The van der Waals surface area contributed by atoms with Gasteiger partial charge in [0, 0.05) is 6.54 Å². The maximum Gasteiger partial charge on any atom is 0.138 e. The minimum Gasteiger partial charge on any atom is -0.327 e. The summed E-state index contributed by atoms with van der Waals surface area (Å²) in [7, 11) is 0. The van der Waals surface area contributed by atoms with Crippen LogP contribution in [0, 0.1) is 0 Å². The van der Waals surface area contributed by atoms with Crippen LogP contribution in [0.3, 0.4) is 0 Å². The van der Waals surface area contributed by atoms with Crippen molar-refractivity contribution in [2.45, 2.75) is 33.0 Å². The molecular weight excluding hydrogens is 252 g/mol. The summed E-state index contributed by atoms with van der Waals surface area (Å²) in [4.78, 5) is 8.80. The summed E-state index contributed by atoms with van der Waals surface area (Å²) in [5.41, 5.74) is 2.25. The van der Waals surface area contributed by atoms with Gasteiger partial charge in [-0.1, -0.05) is 19.1 Å². The second kappa shape index (κ2) is 5.83. The van der Waals surface area contributed by atoms with Gasteiger partial charge in [-0.3, -0.25) is 5.10 Å². The summed E-state index contributed by atoms with van der Waals surface area (Å²) in [6.45, 7) is 4.55. The molecule has 3 aromatic rings. The Bertz CT molecular complexity index is 670. The lowest BCUT2D eigenvalue weighted by molar-refractivity contribution is 0.589. The highest BCUT2D eigenvalue weighted by Crippen LogP contribution is 2.16. The van der Waals surface area contributed by atoms with Gasteiger partial charge in [-0.15, -0.1) is 0 Å². The van der Waals surface area contributed by atoms with Crippen molar-refractivity contribution in [3.63, 3.8) is 0 Å². The predicted octanol–water partition coefficient (Wildman–Crippen LogP) is 1.85. The second-order valence-electron chi connectivity index (χ2n) is 4.70. The first kappa shape index (κ1) is 12.8. The highest BCUT2D eigenvalue weighted by molar-refractivity contribution is 5.75. The number of aromatic nitrogens is 5. The van der Waals surface area contributed by atoms with E-state index >= 15 is 0 Å². The summed E-state index contributed by atoms with van der Waals surface area (Å²) in [6.07, 6.45) is 2.61. The summed E-state index contributed by atoms with van der Waals surface area (Å²) < 4.78 is 2.28. The van der Waals surface area contributed by atoms with Crippen LogP contribution >= 0.6 is 0 Å². The zero-order valence-electron chi connectivity index (χ0n) is 11.5. The van der Waals surface area contributed by atoms with Gasteiger partial charge in [0.05, 0.1) is 24.1 Å². The number of rotatable bonds is 6. The lowest BCUT2D eigenvalue weighted by Crippen LogP contribution is -2.17. The van der Waals surface area contributed by atoms with Crippen LogP contribution in [0.25, 0.3) is 11.0 Å². The zero-order chi connectivity index (χ0) is 13.8. The van der Waals surface area contributed by atoms with Gasteiger partial charge in [0.15, 0.2) is 0 Å². The van der Waals surface area contributed by atoms with Crippen molar-refractivity contribution >= 4 is 11.0 Å². The molecule has 0 radical (unpaired) electrons. The smallest absolute Gasteiger partial charge is 0.138 e. The first-order valence-corrected chi connectivity index (χ1v) is 6.87. The third-order valence-corrected chi connectivity index (χ3v) is 3.22. The molecule has 0 spiro atoms. The highest BCUT2D eigenvalue weighted by Gasteiger charge is 2.09. The summed E-state index contributed by atoms with van der Waals surface area (Å²) >= 11 is 0. The van der Waals surface area contributed by atoms with Crippen LogP contribution in [0.2, 0.25) is 0 Å². The number of H-pyrrole nitrogens is 1. The van der Waals surface area contributed by atoms with Gasteiger partial charge in [0.2, 0.25) is 0 Å². The van der Waals surface area contributed by atoms with Gasteiger partial charge in [-0.25, -0.2) is 9.97 Å². The molecule has 104 valence electrons. The molecule has 0 aliphatic carbocycles. The monoisotopic (exact) mass is 270 g/mol. The van der Waals surface area contributed by atoms with Crippen molar-refractivity contribution in [3.8, 4) is 0 Å². The quantitative estimate of drug-likeness (QED) is 0.717. The van der Waals surface area contributed by atoms with Gasteiger partial charge in [0.1, 0.15) is 18.0 Å². The number of imidazole rings is 1. The molecule has 0 atom stereocenters. The number of benzene rings is 1. The number of nitrogens with one attached hydrogen (secondary N) is 2. The minimum atomic E-state index is 0.662. The van der Waals surface area contributed by atoms with E-state index < -0.39 is 0 Å². The van der Waals surface area contributed by atoms with Crippen molar-refractivity contribution in [2.75, 3.05) is 0 Å². The van der Waals surface area contributed by atoms with Crippen molar-refractivity contribution in [2.24, 2.45) is 0 Å². The van der Waals surface area contributed by atoms with E-state index in [9.17, 15) is 0 Å². The largest absolute Gasteiger partial charge is 0.327 e. The first-order chi connectivity index (χ1) is 9.88.